The van der Waals surface area contributed by atoms with Gasteiger partial charge in [0.2, 0.25) is 0 Å². The molecule has 3 rings (SSSR count). The molecule has 128 valence electrons. The molecule has 1 aliphatic rings. The van der Waals surface area contributed by atoms with Gasteiger partial charge in [0.05, 0.1) is 11.6 Å². The highest BCUT2D eigenvalue weighted by Gasteiger charge is 2.29. The van der Waals surface area contributed by atoms with E-state index < -0.39 is 0 Å². The number of nitrogens with one attached hydrogen (secondary N) is 3. The van der Waals surface area contributed by atoms with Crippen LogP contribution in [0.3, 0.4) is 0 Å². The van der Waals surface area contributed by atoms with Crippen LogP contribution in [0, 0.1) is 0 Å². The van der Waals surface area contributed by atoms with Crippen LogP contribution in [0.15, 0.2) is 64.3 Å². The van der Waals surface area contributed by atoms with Gasteiger partial charge in [-0.1, -0.05) is 39.7 Å². The van der Waals surface area contributed by atoms with Crippen LogP contribution in [-0.4, -0.2) is 11.0 Å². The van der Waals surface area contributed by atoms with Crippen molar-refractivity contribution in [3.8, 4) is 0 Å². The van der Waals surface area contributed by atoms with Crippen LogP contribution in [0.25, 0.3) is 0 Å². The fourth-order valence-electron chi connectivity index (χ4n) is 2.63. The van der Waals surface area contributed by atoms with Crippen LogP contribution >= 0.6 is 39.7 Å². The number of rotatable bonds is 3. The molecule has 1 heterocycles. The third-order valence-electron chi connectivity index (χ3n) is 3.82. The summed E-state index contributed by atoms with van der Waals surface area (Å²) in [6.07, 6.45) is 0. The van der Waals surface area contributed by atoms with E-state index in [1.165, 1.54) is 0 Å². The maximum atomic E-state index is 12.9. The van der Waals surface area contributed by atoms with Gasteiger partial charge in [-0.15, -0.1) is 0 Å². The molecule has 0 aromatic heterocycles. The van der Waals surface area contributed by atoms with Gasteiger partial charge in [-0.25, -0.2) is 0 Å². The van der Waals surface area contributed by atoms with Gasteiger partial charge in [0.1, 0.15) is 0 Å². The Morgan fingerprint density at radius 3 is 2.44 bits per heavy atom. The number of amides is 1. The highest BCUT2D eigenvalue weighted by atomic mass is 79.9. The Morgan fingerprint density at radius 1 is 1.16 bits per heavy atom. The summed E-state index contributed by atoms with van der Waals surface area (Å²) in [5.74, 6) is -0.192. The second kappa shape index (κ2) is 7.56. The molecule has 0 fully saturated rings. The van der Waals surface area contributed by atoms with Crippen LogP contribution in [0.5, 0.6) is 0 Å². The van der Waals surface area contributed by atoms with E-state index in [9.17, 15) is 4.79 Å². The molecule has 2 aromatic rings. The van der Waals surface area contributed by atoms with Crippen molar-refractivity contribution in [2.24, 2.45) is 0 Å². The highest BCUT2D eigenvalue weighted by molar-refractivity contribution is 9.10. The first-order valence-electron chi connectivity index (χ1n) is 7.54. The number of carbonyl (C=O) groups excluding carboxylic acids is 1. The highest BCUT2D eigenvalue weighted by Crippen LogP contribution is 2.28. The maximum absolute atomic E-state index is 12.9. The van der Waals surface area contributed by atoms with E-state index >= 15 is 0 Å². The Labute approximate surface area is 164 Å². The molecule has 4 nitrogen and oxygen atoms in total. The minimum Gasteiger partial charge on any atom is -0.351 e. The standard InChI is InChI=1S/C18H15BrClN3OS/c1-10-15(17(24)22-14-8-4-12(19)5-9-14)16(23-18(25)21-10)11-2-6-13(20)7-3-11/h2-9,16H,1H3,(H,22,24)(H2,21,23,25)/t16-/m0/s1. The van der Waals surface area contributed by atoms with E-state index in [2.05, 4.69) is 31.9 Å². The number of hydrogen-bond donors (Lipinski definition) is 3. The summed E-state index contributed by atoms with van der Waals surface area (Å²) < 4.78 is 0.950. The van der Waals surface area contributed by atoms with Crippen molar-refractivity contribution in [2.75, 3.05) is 5.32 Å². The lowest BCUT2D eigenvalue weighted by molar-refractivity contribution is -0.113. The summed E-state index contributed by atoms with van der Waals surface area (Å²) in [6, 6.07) is 14.4. The van der Waals surface area contributed by atoms with E-state index in [1.807, 2.05) is 43.3 Å². The normalized spacial score (nSPS) is 16.9. The fourth-order valence-corrected chi connectivity index (χ4v) is 3.29. The lowest BCUT2D eigenvalue weighted by Crippen LogP contribution is -2.45. The molecule has 1 atom stereocenters. The summed E-state index contributed by atoms with van der Waals surface area (Å²) in [5, 5.41) is 10.2. The molecule has 1 aliphatic heterocycles. The van der Waals surface area contributed by atoms with Crippen molar-refractivity contribution in [2.45, 2.75) is 13.0 Å². The van der Waals surface area contributed by atoms with Crippen LogP contribution in [0.2, 0.25) is 5.02 Å². The van der Waals surface area contributed by atoms with Gasteiger partial charge < -0.3 is 16.0 Å². The second-order valence-corrected chi connectivity index (χ2v) is 7.34. The van der Waals surface area contributed by atoms with Gasteiger partial charge in [0, 0.05) is 20.9 Å². The molecule has 0 aliphatic carbocycles. The first kappa shape index (κ1) is 17.9. The third kappa shape index (κ3) is 4.21. The molecule has 0 spiro atoms. The quantitative estimate of drug-likeness (QED) is 0.619. The summed E-state index contributed by atoms with van der Waals surface area (Å²) in [5.41, 5.74) is 2.93. The number of carbonyl (C=O) groups is 1. The Bertz CT molecular complexity index is 850. The first-order valence-corrected chi connectivity index (χ1v) is 9.12. The van der Waals surface area contributed by atoms with Crippen molar-refractivity contribution in [1.82, 2.24) is 10.6 Å². The molecule has 25 heavy (non-hydrogen) atoms. The number of anilines is 1. The van der Waals surface area contributed by atoms with E-state index in [1.54, 1.807) is 12.1 Å². The minimum absolute atomic E-state index is 0.192. The number of benzene rings is 2. The minimum atomic E-state index is -0.346. The molecule has 0 unspecified atom stereocenters. The molecular weight excluding hydrogens is 422 g/mol. The van der Waals surface area contributed by atoms with Crippen LogP contribution in [-0.2, 0) is 4.79 Å². The largest absolute Gasteiger partial charge is 0.351 e. The predicted octanol–water partition coefficient (Wildman–Crippen LogP) is 4.53. The smallest absolute Gasteiger partial charge is 0.255 e. The zero-order valence-electron chi connectivity index (χ0n) is 13.3. The van der Waals surface area contributed by atoms with Gasteiger partial charge in [0.15, 0.2) is 5.11 Å². The molecule has 1 amide bonds. The van der Waals surface area contributed by atoms with Crippen LogP contribution in [0.4, 0.5) is 5.69 Å². The monoisotopic (exact) mass is 435 g/mol. The predicted molar refractivity (Wildman–Crippen MR) is 109 cm³/mol. The Morgan fingerprint density at radius 2 is 1.80 bits per heavy atom. The lowest BCUT2D eigenvalue weighted by atomic mass is 9.95. The number of allylic oxidation sites excluding steroid dienone is 1. The molecule has 7 heteroatoms. The molecule has 0 saturated carbocycles. The van der Waals surface area contributed by atoms with E-state index in [0.29, 0.717) is 15.7 Å². The average molecular weight is 437 g/mol. The van der Waals surface area contributed by atoms with E-state index in [4.69, 9.17) is 23.8 Å². The average Bonchev–Trinajstić information content (AvgIpc) is 2.57. The first-order chi connectivity index (χ1) is 11.9. The van der Waals surface area contributed by atoms with Gasteiger partial charge in [-0.2, -0.15) is 0 Å². The molecule has 3 N–H and O–H groups in total. The molecule has 2 aromatic carbocycles. The lowest BCUT2D eigenvalue weighted by Gasteiger charge is -2.30. The third-order valence-corrected chi connectivity index (χ3v) is 4.82. The Balaban J connectivity index is 1.92. The van der Waals surface area contributed by atoms with E-state index in [0.717, 1.165) is 21.4 Å². The summed E-state index contributed by atoms with van der Waals surface area (Å²) >= 11 is 14.6. The fraction of sp³-hybridized carbons (Fsp3) is 0.111. The molecule has 0 radical (unpaired) electrons. The number of hydrogen-bond acceptors (Lipinski definition) is 2. The van der Waals surface area contributed by atoms with Crippen LogP contribution < -0.4 is 16.0 Å². The van der Waals surface area contributed by atoms with Crippen LogP contribution in [0.1, 0.15) is 18.5 Å². The Kier molecular flexibility index (Phi) is 5.42. The van der Waals surface area contributed by atoms with Gasteiger partial charge >= 0.3 is 0 Å². The zero-order chi connectivity index (χ0) is 18.0. The van der Waals surface area contributed by atoms with E-state index in [-0.39, 0.29) is 11.9 Å². The van der Waals surface area contributed by atoms with Gasteiger partial charge in [-0.3, -0.25) is 4.79 Å². The molecular formula is C18H15BrClN3OS. The summed E-state index contributed by atoms with van der Waals surface area (Å²) in [6.45, 7) is 1.84. The van der Waals surface area contributed by atoms with Crippen molar-refractivity contribution >= 4 is 56.5 Å². The van der Waals surface area contributed by atoms with Gasteiger partial charge in [-0.05, 0) is 61.1 Å². The zero-order valence-corrected chi connectivity index (χ0v) is 16.4. The second-order valence-electron chi connectivity index (χ2n) is 5.58. The van der Waals surface area contributed by atoms with Crippen molar-refractivity contribution in [1.29, 1.82) is 0 Å². The summed E-state index contributed by atoms with van der Waals surface area (Å²) in [4.78, 5) is 12.9. The number of thiocarbonyl (C=S) groups is 1. The molecule has 0 saturated heterocycles. The summed E-state index contributed by atoms with van der Waals surface area (Å²) in [7, 11) is 0. The van der Waals surface area contributed by atoms with Crippen molar-refractivity contribution in [3.63, 3.8) is 0 Å². The molecule has 0 bridgehead atoms. The van der Waals surface area contributed by atoms with Crippen molar-refractivity contribution in [3.05, 3.63) is 74.9 Å². The Hall–Kier alpha value is -1.89. The number of halogens is 2. The van der Waals surface area contributed by atoms with Gasteiger partial charge in [0.25, 0.3) is 5.91 Å². The topological polar surface area (TPSA) is 53.2 Å². The van der Waals surface area contributed by atoms with Crippen molar-refractivity contribution < 1.29 is 4.79 Å². The SMILES string of the molecule is CC1=C(C(=O)Nc2ccc(Br)cc2)[C@H](c2ccc(Cl)cc2)NC(=S)N1. The maximum Gasteiger partial charge on any atom is 0.255 e.